The van der Waals surface area contributed by atoms with Gasteiger partial charge in [0.2, 0.25) is 0 Å². The molecule has 0 amide bonds. The first-order valence-corrected chi connectivity index (χ1v) is 4.93. The van der Waals surface area contributed by atoms with E-state index in [-0.39, 0.29) is 0 Å². The van der Waals surface area contributed by atoms with Crippen molar-refractivity contribution in [2.24, 2.45) is 0 Å². The van der Waals surface area contributed by atoms with E-state index in [1.807, 2.05) is 6.92 Å². The fraction of sp³-hybridized carbons (Fsp3) is 0.400. The van der Waals surface area contributed by atoms with Crippen LogP contribution in [0.4, 0.5) is 0 Å². The molecule has 0 aliphatic carbocycles. The summed E-state index contributed by atoms with van der Waals surface area (Å²) in [5.74, 6) is 0.359. The summed E-state index contributed by atoms with van der Waals surface area (Å²) in [5, 5.41) is 9.85. The summed E-state index contributed by atoms with van der Waals surface area (Å²) in [6.07, 6.45) is 0. The van der Waals surface area contributed by atoms with E-state index in [9.17, 15) is 5.11 Å². The smallest absolute Gasteiger partial charge is 0.116 e. The van der Waals surface area contributed by atoms with E-state index in [1.54, 1.807) is 23.9 Å². The van der Waals surface area contributed by atoms with Crippen molar-refractivity contribution < 1.29 is 5.11 Å². The maximum absolute atomic E-state index is 9.29. The summed E-state index contributed by atoms with van der Waals surface area (Å²) in [6.45, 7) is 6.28. The van der Waals surface area contributed by atoms with Gasteiger partial charge in [-0.05, 0) is 30.7 Å². The third-order valence-electron chi connectivity index (χ3n) is 1.41. The lowest BCUT2D eigenvalue weighted by Gasteiger charge is -2.05. The van der Waals surface area contributed by atoms with Gasteiger partial charge in [-0.25, -0.2) is 0 Å². The van der Waals surface area contributed by atoms with Crippen LogP contribution in [0.2, 0.25) is 0 Å². The molecule has 1 rings (SSSR count). The lowest BCUT2D eigenvalue weighted by Crippen LogP contribution is -1.86. The number of benzene rings is 1. The number of phenols is 1. The van der Waals surface area contributed by atoms with Gasteiger partial charge in [0.1, 0.15) is 5.75 Å². The largest absolute Gasteiger partial charge is 0.508 e. The average molecular weight is 182 g/mol. The molecular formula is C10H14OS. The normalized spacial score (nSPS) is 10.7. The van der Waals surface area contributed by atoms with Crippen molar-refractivity contribution in [3.63, 3.8) is 0 Å². The van der Waals surface area contributed by atoms with Gasteiger partial charge in [0.05, 0.1) is 0 Å². The van der Waals surface area contributed by atoms with E-state index >= 15 is 0 Å². The SMILES string of the molecule is Cc1cc(O)cc(SC(C)C)c1. The van der Waals surface area contributed by atoms with E-state index in [4.69, 9.17) is 0 Å². The summed E-state index contributed by atoms with van der Waals surface area (Å²) in [6, 6.07) is 5.66. The predicted molar refractivity (Wildman–Crippen MR) is 53.8 cm³/mol. The predicted octanol–water partition coefficient (Wildman–Crippen LogP) is 3.20. The summed E-state index contributed by atoms with van der Waals surface area (Å²) in [5.41, 5.74) is 1.11. The van der Waals surface area contributed by atoms with E-state index < -0.39 is 0 Å². The Morgan fingerprint density at radius 1 is 1.25 bits per heavy atom. The first-order valence-electron chi connectivity index (χ1n) is 4.05. The molecule has 1 aromatic carbocycles. The fourth-order valence-electron chi connectivity index (χ4n) is 1.07. The highest BCUT2D eigenvalue weighted by Crippen LogP contribution is 2.27. The standard InChI is InChI=1S/C10H14OS/c1-7(2)12-10-5-8(3)4-9(11)6-10/h4-7,11H,1-3H3. The number of hydrogen-bond acceptors (Lipinski definition) is 2. The minimum atomic E-state index is 0.359. The van der Waals surface area contributed by atoms with Gasteiger partial charge >= 0.3 is 0 Å². The third-order valence-corrected chi connectivity index (χ3v) is 2.39. The van der Waals surface area contributed by atoms with Gasteiger partial charge in [-0.1, -0.05) is 13.8 Å². The van der Waals surface area contributed by atoms with Crippen molar-refractivity contribution in [1.29, 1.82) is 0 Å². The van der Waals surface area contributed by atoms with Crippen molar-refractivity contribution in [3.8, 4) is 5.75 Å². The Labute approximate surface area is 77.8 Å². The molecule has 0 spiro atoms. The van der Waals surface area contributed by atoms with Gasteiger partial charge in [0, 0.05) is 10.1 Å². The number of aryl methyl sites for hydroxylation is 1. The van der Waals surface area contributed by atoms with Gasteiger partial charge in [-0.15, -0.1) is 11.8 Å². The van der Waals surface area contributed by atoms with Crippen molar-refractivity contribution in [1.82, 2.24) is 0 Å². The Hall–Kier alpha value is -0.630. The molecule has 0 saturated carbocycles. The second-order valence-corrected chi connectivity index (χ2v) is 4.82. The maximum Gasteiger partial charge on any atom is 0.116 e. The van der Waals surface area contributed by atoms with Crippen molar-refractivity contribution >= 4 is 11.8 Å². The van der Waals surface area contributed by atoms with Gasteiger partial charge in [-0.3, -0.25) is 0 Å². The summed E-state index contributed by atoms with van der Waals surface area (Å²) < 4.78 is 0. The molecule has 0 unspecified atom stereocenters. The Bertz CT molecular complexity index is 248. The quantitative estimate of drug-likeness (QED) is 0.709. The zero-order valence-corrected chi connectivity index (χ0v) is 8.48. The summed E-state index contributed by atoms with van der Waals surface area (Å²) >= 11 is 1.77. The lowest BCUT2D eigenvalue weighted by molar-refractivity contribution is 0.473. The number of rotatable bonds is 2. The molecular weight excluding hydrogens is 168 g/mol. The van der Waals surface area contributed by atoms with Crippen molar-refractivity contribution in [2.75, 3.05) is 0 Å². The highest BCUT2D eigenvalue weighted by Gasteiger charge is 2.00. The van der Waals surface area contributed by atoms with Crippen LogP contribution in [0.3, 0.4) is 0 Å². The van der Waals surface area contributed by atoms with Gasteiger partial charge in [0.15, 0.2) is 0 Å². The van der Waals surface area contributed by atoms with Crippen molar-refractivity contribution in [2.45, 2.75) is 30.9 Å². The summed E-state index contributed by atoms with van der Waals surface area (Å²) in [7, 11) is 0. The molecule has 0 heterocycles. The van der Waals surface area contributed by atoms with Crippen LogP contribution in [0.15, 0.2) is 23.1 Å². The van der Waals surface area contributed by atoms with Crippen LogP contribution in [0.1, 0.15) is 19.4 Å². The number of phenolic OH excluding ortho intramolecular Hbond substituents is 1. The van der Waals surface area contributed by atoms with Crippen LogP contribution in [0.25, 0.3) is 0 Å². The second kappa shape index (κ2) is 3.85. The zero-order chi connectivity index (χ0) is 9.14. The molecule has 1 nitrogen and oxygen atoms in total. The van der Waals surface area contributed by atoms with Crippen molar-refractivity contribution in [3.05, 3.63) is 23.8 Å². The lowest BCUT2D eigenvalue weighted by atomic mass is 10.2. The van der Waals surface area contributed by atoms with Gasteiger partial charge in [0.25, 0.3) is 0 Å². The molecule has 2 heteroatoms. The first-order chi connectivity index (χ1) is 5.58. The molecule has 66 valence electrons. The minimum absolute atomic E-state index is 0.359. The minimum Gasteiger partial charge on any atom is -0.508 e. The molecule has 0 aliphatic rings. The molecule has 0 fully saturated rings. The fourth-order valence-corrected chi connectivity index (χ4v) is 2.06. The van der Waals surface area contributed by atoms with Gasteiger partial charge in [-0.2, -0.15) is 0 Å². The van der Waals surface area contributed by atoms with Crippen LogP contribution >= 0.6 is 11.8 Å². The second-order valence-electron chi connectivity index (χ2n) is 3.17. The molecule has 0 radical (unpaired) electrons. The van der Waals surface area contributed by atoms with Crippen LogP contribution in [-0.2, 0) is 0 Å². The number of hydrogen-bond donors (Lipinski definition) is 1. The Balaban J connectivity index is 2.85. The summed E-state index contributed by atoms with van der Waals surface area (Å²) in [4.78, 5) is 1.14. The monoisotopic (exact) mass is 182 g/mol. The van der Waals surface area contributed by atoms with E-state index in [0.29, 0.717) is 11.0 Å². The zero-order valence-electron chi connectivity index (χ0n) is 7.66. The molecule has 0 aromatic heterocycles. The van der Waals surface area contributed by atoms with E-state index in [2.05, 4.69) is 19.9 Å². The molecule has 0 aliphatic heterocycles. The molecule has 1 N–H and O–H groups in total. The van der Waals surface area contributed by atoms with Crippen LogP contribution in [-0.4, -0.2) is 10.4 Å². The van der Waals surface area contributed by atoms with Crippen LogP contribution in [0.5, 0.6) is 5.75 Å². The number of thioether (sulfide) groups is 1. The topological polar surface area (TPSA) is 20.2 Å². The average Bonchev–Trinajstić information content (AvgIpc) is 1.81. The molecule has 1 aromatic rings. The molecule has 12 heavy (non-hydrogen) atoms. The van der Waals surface area contributed by atoms with Crippen LogP contribution in [0, 0.1) is 6.92 Å². The molecule has 0 saturated heterocycles. The first kappa shape index (κ1) is 9.46. The highest BCUT2D eigenvalue weighted by atomic mass is 32.2. The highest BCUT2D eigenvalue weighted by molar-refractivity contribution is 7.99. The Kier molecular flexibility index (Phi) is 3.04. The van der Waals surface area contributed by atoms with Gasteiger partial charge < -0.3 is 5.11 Å². The third kappa shape index (κ3) is 2.78. The molecule has 0 bridgehead atoms. The van der Waals surface area contributed by atoms with E-state index in [1.165, 1.54) is 0 Å². The van der Waals surface area contributed by atoms with Crippen LogP contribution < -0.4 is 0 Å². The van der Waals surface area contributed by atoms with E-state index in [0.717, 1.165) is 10.5 Å². The maximum atomic E-state index is 9.29. The Morgan fingerprint density at radius 2 is 1.92 bits per heavy atom. The Morgan fingerprint density at radius 3 is 2.42 bits per heavy atom. The number of aromatic hydroxyl groups is 1. The molecule has 0 atom stereocenters.